The maximum atomic E-state index is 12.6. The standard InChI is InChI=1S/C17H17Cl2N3O/c18-13-3-1-10(15(19)7-13)6-16(21)17(23)22-8-11-2-4-14(20)5-12(11)9-22/h1-5,7,16H,6,8-9,20-21H2. The van der Waals surface area contributed by atoms with E-state index in [0.717, 1.165) is 16.7 Å². The number of amides is 1. The van der Waals surface area contributed by atoms with Crippen LogP contribution in [0, 0.1) is 0 Å². The van der Waals surface area contributed by atoms with Crippen LogP contribution >= 0.6 is 23.2 Å². The summed E-state index contributed by atoms with van der Waals surface area (Å²) in [6.45, 7) is 1.11. The highest BCUT2D eigenvalue weighted by Crippen LogP contribution is 2.26. The van der Waals surface area contributed by atoms with Crippen LogP contribution in [0.5, 0.6) is 0 Å². The number of fused-ring (bicyclic) bond motifs is 1. The molecule has 0 aliphatic carbocycles. The third-order valence-electron chi connectivity index (χ3n) is 4.04. The van der Waals surface area contributed by atoms with Gasteiger partial charge in [-0.1, -0.05) is 35.3 Å². The van der Waals surface area contributed by atoms with E-state index in [1.807, 2.05) is 18.2 Å². The number of nitrogens with two attached hydrogens (primary N) is 2. The summed E-state index contributed by atoms with van der Waals surface area (Å²) in [4.78, 5) is 14.3. The molecule has 0 saturated carbocycles. The van der Waals surface area contributed by atoms with Gasteiger partial charge < -0.3 is 16.4 Å². The molecule has 4 nitrogen and oxygen atoms in total. The molecule has 0 spiro atoms. The summed E-state index contributed by atoms with van der Waals surface area (Å²) in [5.74, 6) is -0.0919. The summed E-state index contributed by atoms with van der Waals surface area (Å²) in [7, 11) is 0. The van der Waals surface area contributed by atoms with Gasteiger partial charge in [-0.25, -0.2) is 0 Å². The number of benzene rings is 2. The molecule has 0 fully saturated rings. The van der Waals surface area contributed by atoms with Gasteiger partial charge in [-0.3, -0.25) is 4.79 Å². The lowest BCUT2D eigenvalue weighted by Crippen LogP contribution is -2.42. The van der Waals surface area contributed by atoms with Gasteiger partial charge in [0, 0.05) is 28.8 Å². The highest BCUT2D eigenvalue weighted by molar-refractivity contribution is 6.35. The molecule has 1 heterocycles. The molecule has 6 heteroatoms. The molecule has 3 rings (SSSR count). The molecule has 1 atom stereocenters. The quantitative estimate of drug-likeness (QED) is 0.836. The highest BCUT2D eigenvalue weighted by Gasteiger charge is 2.27. The van der Waals surface area contributed by atoms with Crippen molar-refractivity contribution in [2.45, 2.75) is 25.6 Å². The maximum Gasteiger partial charge on any atom is 0.240 e. The number of hydrogen-bond donors (Lipinski definition) is 2. The number of nitrogens with zero attached hydrogens (tertiary/aromatic N) is 1. The first kappa shape index (κ1) is 16.1. The van der Waals surface area contributed by atoms with Crippen molar-refractivity contribution in [2.75, 3.05) is 5.73 Å². The monoisotopic (exact) mass is 349 g/mol. The fraction of sp³-hybridized carbons (Fsp3) is 0.235. The average Bonchev–Trinajstić information content (AvgIpc) is 2.92. The van der Waals surface area contributed by atoms with Crippen LogP contribution in [0.2, 0.25) is 10.0 Å². The maximum absolute atomic E-state index is 12.6. The second kappa shape index (κ2) is 6.40. The summed E-state index contributed by atoms with van der Waals surface area (Å²) in [5.41, 5.74) is 15.6. The molecule has 2 aromatic carbocycles. The van der Waals surface area contributed by atoms with E-state index in [1.165, 1.54) is 0 Å². The van der Waals surface area contributed by atoms with Crippen LogP contribution in [0.1, 0.15) is 16.7 Å². The molecule has 0 radical (unpaired) electrons. The lowest BCUT2D eigenvalue weighted by atomic mass is 10.1. The zero-order valence-electron chi connectivity index (χ0n) is 12.4. The van der Waals surface area contributed by atoms with Crippen molar-refractivity contribution in [3.05, 3.63) is 63.1 Å². The van der Waals surface area contributed by atoms with Gasteiger partial charge in [0.1, 0.15) is 0 Å². The van der Waals surface area contributed by atoms with Crippen LogP contribution in [-0.2, 0) is 24.3 Å². The van der Waals surface area contributed by atoms with E-state index in [-0.39, 0.29) is 5.91 Å². The van der Waals surface area contributed by atoms with Crippen molar-refractivity contribution in [1.29, 1.82) is 0 Å². The summed E-state index contributed by atoms with van der Waals surface area (Å²) in [6, 6.07) is 10.3. The highest BCUT2D eigenvalue weighted by atomic mass is 35.5. The van der Waals surface area contributed by atoms with Gasteiger partial charge in [0.15, 0.2) is 0 Å². The Morgan fingerprint density at radius 2 is 1.87 bits per heavy atom. The van der Waals surface area contributed by atoms with Crippen LogP contribution in [0.3, 0.4) is 0 Å². The Bertz CT molecular complexity index is 763. The first-order valence-electron chi connectivity index (χ1n) is 7.29. The summed E-state index contributed by atoms with van der Waals surface area (Å²) in [5, 5.41) is 1.09. The predicted molar refractivity (Wildman–Crippen MR) is 93.2 cm³/mol. The molecule has 0 aromatic heterocycles. The zero-order valence-corrected chi connectivity index (χ0v) is 13.9. The first-order chi connectivity index (χ1) is 10.9. The van der Waals surface area contributed by atoms with Gasteiger partial charge in [-0.05, 0) is 47.4 Å². The molecule has 1 unspecified atom stereocenters. The molecule has 23 heavy (non-hydrogen) atoms. The van der Waals surface area contributed by atoms with Crippen molar-refractivity contribution in [1.82, 2.24) is 4.90 Å². The Morgan fingerprint density at radius 3 is 2.61 bits per heavy atom. The van der Waals surface area contributed by atoms with E-state index in [0.29, 0.717) is 35.2 Å². The van der Waals surface area contributed by atoms with Crippen LogP contribution < -0.4 is 11.5 Å². The third kappa shape index (κ3) is 3.44. The third-order valence-corrected chi connectivity index (χ3v) is 4.62. The van der Waals surface area contributed by atoms with E-state index in [2.05, 4.69) is 0 Å². The lowest BCUT2D eigenvalue weighted by molar-refractivity contribution is -0.133. The van der Waals surface area contributed by atoms with Crippen molar-refractivity contribution in [2.24, 2.45) is 5.73 Å². The summed E-state index contributed by atoms with van der Waals surface area (Å²) >= 11 is 12.0. The van der Waals surface area contributed by atoms with Crippen molar-refractivity contribution < 1.29 is 4.79 Å². The Morgan fingerprint density at radius 1 is 1.13 bits per heavy atom. The van der Waals surface area contributed by atoms with Crippen LogP contribution in [0.15, 0.2) is 36.4 Å². The Kier molecular flexibility index (Phi) is 4.48. The second-order valence-corrected chi connectivity index (χ2v) is 6.61. The van der Waals surface area contributed by atoms with Crippen molar-refractivity contribution in [3.8, 4) is 0 Å². The molecule has 120 valence electrons. The van der Waals surface area contributed by atoms with Crippen LogP contribution in [0.4, 0.5) is 5.69 Å². The molecule has 4 N–H and O–H groups in total. The van der Waals surface area contributed by atoms with E-state index < -0.39 is 6.04 Å². The minimum Gasteiger partial charge on any atom is -0.399 e. The summed E-state index contributed by atoms with van der Waals surface area (Å²) in [6.07, 6.45) is 0.379. The molecular formula is C17H17Cl2N3O. The van der Waals surface area contributed by atoms with Gasteiger partial charge in [0.25, 0.3) is 0 Å². The van der Waals surface area contributed by atoms with E-state index in [4.69, 9.17) is 34.7 Å². The van der Waals surface area contributed by atoms with Gasteiger partial charge >= 0.3 is 0 Å². The number of rotatable bonds is 3. The molecule has 1 aliphatic heterocycles. The lowest BCUT2D eigenvalue weighted by Gasteiger charge is -2.20. The Labute approximate surface area is 145 Å². The fourth-order valence-corrected chi connectivity index (χ4v) is 3.30. The zero-order chi connectivity index (χ0) is 16.6. The average molecular weight is 350 g/mol. The smallest absolute Gasteiger partial charge is 0.240 e. The molecule has 2 aromatic rings. The molecular weight excluding hydrogens is 333 g/mol. The van der Waals surface area contributed by atoms with Crippen molar-refractivity contribution >= 4 is 34.8 Å². The van der Waals surface area contributed by atoms with E-state index in [9.17, 15) is 4.79 Å². The Balaban J connectivity index is 1.69. The minimum absolute atomic E-state index is 0.0919. The number of carbonyl (C=O) groups excluding carboxylic acids is 1. The van der Waals surface area contributed by atoms with E-state index >= 15 is 0 Å². The van der Waals surface area contributed by atoms with E-state index in [1.54, 1.807) is 23.1 Å². The number of nitrogen functional groups attached to an aromatic ring is 1. The minimum atomic E-state index is -0.639. The number of hydrogen-bond acceptors (Lipinski definition) is 3. The van der Waals surface area contributed by atoms with Crippen molar-refractivity contribution in [3.63, 3.8) is 0 Å². The van der Waals surface area contributed by atoms with Crippen LogP contribution in [-0.4, -0.2) is 16.8 Å². The summed E-state index contributed by atoms with van der Waals surface area (Å²) < 4.78 is 0. The first-order valence-corrected chi connectivity index (χ1v) is 8.05. The SMILES string of the molecule is Nc1ccc2c(c1)CN(C(=O)C(N)Cc1ccc(Cl)cc1Cl)C2. The van der Waals surface area contributed by atoms with Gasteiger partial charge in [-0.2, -0.15) is 0 Å². The predicted octanol–water partition coefficient (Wildman–Crippen LogP) is 2.99. The Hall–Kier alpha value is -1.75. The normalized spacial score (nSPS) is 14.7. The van der Waals surface area contributed by atoms with Crippen LogP contribution in [0.25, 0.3) is 0 Å². The molecule has 0 saturated heterocycles. The van der Waals surface area contributed by atoms with Gasteiger partial charge in [0.05, 0.1) is 6.04 Å². The molecule has 1 amide bonds. The number of halogens is 2. The second-order valence-electron chi connectivity index (χ2n) is 5.77. The number of carbonyl (C=O) groups is 1. The fourth-order valence-electron chi connectivity index (χ4n) is 2.82. The molecule has 0 bridgehead atoms. The van der Waals surface area contributed by atoms with Gasteiger partial charge in [-0.15, -0.1) is 0 Å². The number of anilines is 1. The molecule has 1 aliphatic rings. The topological polar surface area (TPSA) is 72.3 Å². The van der Waals surface area contributed by atoms with Gasteiger partial charge in [0.2, 0.25) is 5.91 Å². The largest absolute Gasteiger partial charge is 0.399 e.